The van der Waals surface area contributed by atoms with Crippen molar-refractivity contribution in [2.45, 2.75) is 31.5 Å². The third kappa shape index (κ3) is 7.90. The summed E-state index contributed by atoms with van der Waals surface area (Å²) in [7, 11) is 19.6. The number of aromatic nitrogens is 4. The summed E-state index contributed by atoms with van der Waals surface area (Å²) in [5, 5.41) is 21.5. The van der Waals surface area contributed by atoms with Crippen molar-refractivity contribution in [3.05, 3.63) is 41.7 Å². The van der Waals surface area contributed by atoms with Crippen LogP contribution in [0.5, 0.6) is 5.75 Å². The molecule has 13 nitrogen and oxygen atoms in total. The maximum absolute atomic E-state index is 12.9. The lowest BCUT2D eigenvalue weighted by molar-refractivity contribution is -0.124. The Morgan fingerprint density at radius 3 is 2.52 bits per heavy atom. The molecule has 1 aliphatic carbocycles. The first kappa shape index (κ1) is 30.6. The van der Waals surface area contributed by atoms with Crippen LogP contribution in [0.2, 0.25) is 0 Å². The van der Waals surface area contributed by atoms with Crippen LogP contribution in [0.4, 0.5) is 17.2 Å². The Balaban J connectivity index is 1.63. The van der Waals surface area contributed by atoms with E-state index >= 15 is 0 Å². The monoisotopic (exact) mass is 566 g/mol. The molecule has 3 amide bonds. The van der Waals surface area contributed by atoms with Gasteiger partial charge in [0.25, 0.3) is 5.91 Å². The molecule has 1 saturated carbocycles. The van der Waals surface area contributed by atoms with Gasteiger partial charge in [-0.15, -0.1) is 10.2 Å². The molecule has 212 valence electrons. The second-order valence-corrected chi connectivity index (χ2v) is 9.83. The Morgan fingerprint density at radius 1 is 1.10 bits per heavy atom. The SMILES string of the molecule is [B]C([B])([B])NC(=O)c1nnc(NC(=O)C2CC2)cc1Nc1cccc(-c2cc(C)n(CCNC(=O)COC)n2)c1OC. The van der Waals surface area contributed by atoms with Crippen molar-refractivity contribution >= 4 is 58.5 Å². The number of hydrogen-bond donors (Lipinski definition) is 4. The van der Waals surface area contributed by atoms with Gasteiger partial charge in [-0.25, -0.2) is 0 Å². The Hall–Kier alpha value is -4.33. The molecule has 1 fully saturated rings. The van der Waals surface area contributed by atoms with E-state index in [0.29, 0.717) is 35.8 Å². The molecule has 0 spiro atoms. The molecule has 16 heteroatoms. The van der Waals surface area contributed by atoms with Gasteiger partial charge in [-0.3, -0.25) is 19.1 Å². The Morgan fingerprint density at radius 2 is 1.86 bits per heavy atom. The van der Waals surface area contributed by atoms with Gasteiger partial charge in [0.1, 0.15) is 6.61 Å². The summed E-state index contributed by atoms with van der Waals surface area (Å²) >= 11 is 0. The molecule has 42 heavy (non-hydrogen) atoms. The van der Waals surface area contributed by atoms with E-state index in [1.165, 1.54) is 20.3 Å². The minimum absolute atomic E-state index is 0.0172. The van der Waals surface area contributed by atoms with E-state index in [4.69, 9.17) is 33.0 Å². The van der Waals surface area contributed by atoms with Crippen molar-refractivity contribution in [2.75, 3.05) is 38.0 Å². The van der Waals surface area contributed by atoms with Crippen LogP contribution in [0.3, 0.4) is 0 Å². The summed E-state index contributed by atoms with van der Waals surface area (Å²) in [4.78, 5) is 36.9. The van der Waals surface area contributed by atoms with E-state index < -0.39 is 11.1 Å². The van der Waals surface area contributed by atoms with Gasteiger partial charge in [-0.05, 0) is 38.0 Å². The first-order valence-electron chi connectivity index (χ1n) is 13.1. The van der Waals surface area contributed by atoms with Gasteiger partial charge in [0.15, 0.2) is 17.3 Å². The molecule has 4 rings (SSSR count). The summed E-state index contributed by atoms with van der Waals surface area (Å²) < 4.78 is 12.4. The number of nitrogens with zero attached hydrogens (tertiary/aromatic N) is 4. The molecule has 0 saturated heterocycles. The van der Waals surface area contributed by atoms with Gasteiger partial charge in [0.2, 0.25) is 11.8 Å². The van der Waals surface area contributed by atoms with Crippen molar-refractivity contribution < 1.29 is 23.9 Å². The van der Waals surface area contributed by atoms with Crippen molar-refractivity contribution in [3.63, 3.8) is 0 Å². The zero-order valence-corrected chi connectivity index (χ0v) is 23.6. The van der Waals surface area contributed by atoms with E-state index in [2.05, 4.69) is 36.6 Å². The molecule has 1 aromatic carbocycles. The zero-order valence-electron chi connectivity index (χ0n) is 23.6. The molecule has 4 N–H and O–H groups in total. The smallest absolute Gasteiger partial charge is 0.272 e. The van der Waals surface area contributed by atoms with Gasteiger partial charge in [0, 0.05) is 36.9 Å². The molecule has 0 aliphatic heterocycles. The third-order valence-corrected chi connectivity index (χ3v) is 6.21. The Kier molecular flexibility index (Phi) is 9.56. The molecule has 0 atom stereocenters. The normalized spacial score (nSPS) is 12.8. The molecule has 0 bridgehead atoms. The van der Waals surface area contributed by atoms with Crippen LogP contribution >= 0.6 is 0 Å². The van der Waals surface area contributed by atoms with Crippen LogP contribution in [0.1, 0.15) is 29.0 Å². The number of nitrogens with one attached hydrogen (secondary N) is 4. The first-order chi connectivity index (χ1) is 20.0. The van der Waals surface area contributed by atoms with Gasteiger partial charge >= 0.3 is 0 Å². The van der Waals surface area contributed by atoms with Crippen LogP contribution in [-0.2, 0) is 20.9 Å². The molecule has 2 heterocycles. The van der Waals surface area contributed by atoms with E-state index in [1.807, 2.05) is 19.1 Å². The predicted octanol–water partition coefficient (Wildman–Crippen LogP) is 0.358. The fourth-order valence-electron chi connectivity index (χ4n) is 4.10. The quantitative estimate of drug-likeness (QED) is 0.214. The number of aryl methyl sites for hydroxylation is 1. The number of methoxy groups -OCH3 is 2. The summed E-state index contributed by atoms with van der Waals surface area (Å²) in [6.45, 7) is 2.71. The number of carbonyl (C=O) groups is 3. The molecule has 1 aliphatic rings. The van der Waals surface area contributed by atoms with Gasteiger partial charge < -0.3 is 30.7 Å². The highest BCUT2D eigenvalue weighted by molar-refractivity contribution is 6.60. The number of carbonyl (C=O) groups excluding carboxylic acids is 3. The molecular weight excluding hydrogens is 537 g/mol. The van der Waals surface area contributed by atoms with Gasteiger partial charge in [-0.1, -0.05) is 11.3 Å². The maximum atomic E-state index is 12.9. The molecule has 3 aromatic rings. The lowest BCUT2D eigenvalue weighted by Gasteiger charge is -2.23. The predicted molar refractivity (Wildman–Crippen MR) is 158 cm³/mol. The number of para-hydroxylation sites is 1. The van der Waals surface area contributed by atoms with Crippen LogP contribution < -0.4 is 26.0 Å². The van der Waals surface area contributed by atoms with E-state index in [0.717, 1.165) is 18.5 Å². The molecule has 0 unspecified atom stereocenters. The van der Waals surface area contributed by atoms with E-state index in [-0.39, 0.29) is 41.5 Å². The fraction of sp³-hybridized carbons (Fsp3) is 0.385. The van der Waals surface area contributed by atoms with Crippen molar-refractivity contribution in [1.29, 1.82) is 0 Å². The van der Waals surface area contributed by atoms with Gasteiger partial charge in [-0.2, -0.15) is 5.10 Å². The fourth-order valence-corrected chi connectivity index (χ4v) is 4.10. The van der Waals surface area contributed by atoms with Gasteiger partial charge in [0.05, 0.1) is 54.3 Å². The number of hydrogen-bond acceptors (Lipinski definition) is 9. The highest BCUT2D eigenvalue weighted by Gasteiger charge is 2.30. The second kappa shape index (κ2) is 13.1. The summed E-state index contributed by atoms with van der Waals surface area (Å²) in [6.07, 6.45) is 1.61. The summed E-state index contributed by atoms with van der Waals surface area (Å²) in [6, 6.07) is 8.72. The Bertz CT molecular complexity index is 1470. The molecule has 6 radical (unpaired) electrons. The standard InChI is InChI=1S/C26H29B3N8O5/c1-14-11-18(36-37(14)10-9-30-21(38)13-41-2)16-5-4-6-17(23(16)42-3)31-19-12-20(32-24(39)15-7-8-15)34-35-22(19)25(40)33-26(27,28)29/h4-6,11-12,15H,7-10,13H2,1-3H3,(H,30,38)(H,33,40)(H2,31,32,34,39). The lowest BCUT2D eigenvalue weighted by atomic mass is 9.49. The van der Waals surface area contributed by atoms with Crippen LogP contribution in [-0.4, -0.2) is 93.8 Å². The minimum atomic E-state index is -2.00. The number of rotatable bonds is 13. The van der Waals surface area contributed by atoms with Crippen LogP contribution in [0.15, 0.2) is 30.3 Å². The number of ether oxygens (including phenoxy) is 2. The second-order valence-electron chi connectivity index (χ2n) is 9.83. The average Bonchev–Trinajstić information content (AvgIpc) is 3.71. The van der Waals surface area contributed by atoms with Crippen molar-refractivity contribution in [2.24, 2.45) is 5.92 Å². The molecular formula is C26H29B3N8O5. The summed E-state index contributed by atoms with van der Waals surface area (Å²) in [5.74, 6) is -0.686. The lowest BCUT2D eigenvalue weighted by Crippen LogP contribution is -2.50. The average molecular weight is 566 g/mol. The van der Waals surface area contributed by atoms with Crippen molar-refractivity contribution in [1.82, 2.24) is 30.6 Å². The minimum Gasteiger partial charge on any atom is -0.494 e. The highest BCUT2D eigenvalue weighted by atomic mass is 16.5. The Labute approximate surface area is 247 Å². The van der Waals surface area contributed by atoms with E-state index in [9.17, 15) is 14.4 Å². The van der Waals surface area contributed by atoms with Crippen LogP contribution in [0, 0.1) is 12.8 Å². The third-order valence-electron chi connectivity index (χ3n) is 6.21. The topological polar surface area (TPSA) is 161 Å². The van der Waals surface area contributed by atoms with Crippen molar-refractivity contribution in [3.8, 4) is 17.0 Å². The summed E-state index contributed by atoms with van der Waals surface area (Å²) in [5.41, 5.74) is 2.63. The van der Waals surface area contributed by atoms with E-state index in [1.54, 1.807) is 16.8 Å². The number of amides is 3. The number of anilines is 3. The number of benzene rings is 1. The zero-order chi connectivity index (χ0) is 30.4. The largest absolute Gasteiger partial charge is 0.494 e. The highest BCUT2D eigenvalue weighted by Crippen LogP contribution is 2.38. The first-order valence-corrected chi connectivity index (χ1v) is 13.1. The molecule has 2 aromatic heterocycles. The maximum Gasteiger partial charge on any atom is 0.272 e. The van der Waals surface area contributed by atoms with Crippen LogP contribution in [0.25, 0.3) is 11.3 Å².